The van der Waals surface area contributed by atoms with Crippen LogP contribution in [0.2, 0.25) is 0 Å². The molecule has 0 radical (unpaired) electrons. The van der Waals surface area contributed by atoms with Crippen LogP contribution in [0, 0.1) is 5.82 Å². The quantitative estimate of drug-likeness (QED) is 0.607. The van der Waals surface area contributed by atoms with Crippen molar-refractivity contribution in [1.29, 1.82) is 0 Å². The highest BCUT2D eigenvalue weighted by Crippen LogP contribution is 2.26. The van der Waals surface area contributed by atoms with Crippen molar-refractivity contribution in [2.75, 3.05) is 5.32 Å². The van der Waals surface area contributed by atoms with Gasteiger partial charge in [-0.25, -0.2) is 9.37 Å². The lowest BCUT2D eigenvalue weighted by Crippen LogP contribution is -2.11. The zero-order chi connectivity index (χ0) is 17.2. The van der Waals surface area contributed by atoms with Crippen LogP contribution in [-0.2, 0) is 0 Å². The molecule has 0 fully saturated rings. The van der Waals surface area contributed by atoms with Gasteiger partial charge in [0.25, 0.3) is 5.91 Å². The molecule has 0 aliphatic carbocycles. The highest BCUT2D eigenvalue weighted by Gasteiger charge is 2.11. The molecule has 5 nitrogen and oxygen atoms in total. The lowest BCUT2D eigenvalue weighted by atomic mass is 10.2. The van der Waals surface area contributed by atoms with Crippen LogP contribution in [0.3, 0.4) is 0 Å². The molecule has 0 bridgehead atoms. The Balaban J connectivity index is 1.62. The zero-order valence-electron chi connectivity index (χ0n) is 12.9. The topological polar surface area (TPSA) is 68.0 Å². The summed E-state index contributed by atoms with van der Waals surface area (Å²) in [5.74, 6) is -0.371. The van der Waals surface area contributed by atoms with Gasteiger partial charge in [-0.1, -0.05) is 6.07 Å². The van der Waals surface area contributed by atoms with Crippen LogP contribution in [0.5, 0.6) is 0 Å². The smallest absolute Gasteiger partial charge is 0.255 e. The maximum Gasteiger partial charge on any atom is 0.255 e. The van der Waals surface area contributed by atoms with Gasteiger partial charge in [0.1, 0.15) is 11.3 Å². The van der Waals surface area contributed by atoms with Crippen molar-refractivity contribution in [1.82, 2.24) is 9.97 Å². The number of rotatable bonds is 3. The highest BCUT2D eigenvalue weighted by atomic mass is 19.1. The minimum absolute atomic E-state index is 0.248. The number of oxazole rings is 1. The molecule has 0 unspecified atom stereocenters. The molecule has 122 valence electrons. The summed E-state index contributed by atoms with van der Waals surface area (Å²) in [5, 5.41) is 2.73. The number of aromatic nitrogens is 2. The first-order valence-corrected chi connectivity index (χ1v) is 7.57. The molecule has 2 aromatic heterocycles. The summed E-state index contributed by atoms with van der Waals surface area (Å²) in [6.45, 7) is 0. The SMILES string of the molecule is O=C(Nc1ccc2oc(-c3ccncc3)nc2c1)c1cccc(F)c1. The maximum atomic E-state index is 13.2. The van der Waals surface area contributed by atoms with Gasteiger partial charge in [0.15, 0.2) is 5.58 Å². The molecule has 0 atom stereocenters. The van der Waals surface area contributed by atoms with Gasteiger partial charge in [0.2, 0.25) is 5.89 Å². The molecule has 2 heterocycles. The molecule has 0 saturated heterocycles. The molecule has 0 spiro atoms. The van der Waals surface area contributed by atoms with Gasteiger partial charge in [-0.2, -0.15) is 0 Å². The maximum absolute atomic E-state index is 13.2. The Morgan fingerprint density at radius 1 is 1.04 bits per heavy atom. The van der Waals surface area contributed by atoms with Crippen LogP contribution >= 0.6 is 0 Å². The summed E-state index contributed by atoms with van der Waals surface area (Å²) >= 11 is 0. The van der Waals surface area contributed by atoms with Crippen molar-refractivity contribution in [2.45, 2.75) is 0 Å². The molecule has 2 aromatic carbocycles. The van der Waals surface area contributed by atoms with E-state index in [9.17, 15) is 9.18 Å². The molecule has 1 amide bonds. The number of amides is 1. The predicted molar refractivity (Wildman–Crippen MR) is 91.6 cm³/mol. The van der Waals surface area contributed by atoms with Crippen molar-refractivity contribution >= 4 is 22.7 Å². The normalized spacial score (nSPS) is 10.8. The van der Waals surface area contributed by atoms with Gasteiger partial charge < -0.3 is 9.73 Å². The summed E-state index contributed by atoms with van der Waals surface area (Å²) in [6.07, 6.45) is 3.32. The van der Waals surface area contributed by atoms with Crippen molar-refractivity contribution in [2.24, 2.45) is 0 Å². The van der Waals surface area contributed by atoms with E-state index in [1.807, 2.05) is 0 Å². The lowest BCUT2D eigenvalue weighted by molar-refractivity contribution is 0.102. The number of halogens is 1. The largest absolute Gasteiger partial charge is 0.436 e. The minimum atomic E-state index is -0.457. The number of benzene rings is 2. The van der Waals surface area contributed by atoms with Crippen molar-refractivity contribution in [3.8, 4) is 11.5 Å². The second-order valence-corrected chi connectivity index (χ2v) is 5.40. The van der Waals surface area contributed by atoms with E-state index >= 15 is 0 Å². The molecule has 0 aliphatic rings. The average Bonchev–Trinajstić information content (AvgIpc) is 3.06. The summed E-state index contributed by atoms with van der Waals surface area (Å²) in [4.78, 5) is 20.6. The third-order valence-corrected chi connectivity index (χ3v) is 3.66. The van der Waals surface area contributed by atoms with Gasteiger partial charge in [-0.05, 0) is 48.5 Å². The van der Waals surface area contributed by atoms with Gasteiger partial charge in [-0.3, -0.25) is 9.78 Å². The second kappa shape index (κ2) is 6.16. The fourth-order valence-corrected chi connectivity index (χ4v) is 2.46. The minimum Gasteiger partial charge on any atom is -0.436 e. The standard InChI is InChI=1S/C19H12FN3O2/c20-14-3-1-2-13(10-14)18(24)22-15-4-5-17-16(11-15)23-19(25-17)12-6-8-21-9-7-12/h1-11H,(H,22,24). The van der Waals surface area contributed by atoms with E-state index in [4.69, 9.17) is 4.42 Å². The number of fused-ring (bicyclic) bond motifs is 1. The molecule has 1 N–H and O–H groups in total. The van der Waals surface area contributed by atoms with Gasteiger partial charge in [-0.15, -0.1) is 0 Å². The van der Waals surface area contributed by atoms with E-state index < -0.39 is 11.7 Å². The Morgan fingerprint density at radius 2 is 1.88 bits per heavy atom. The van der Waals surface area contributed by atoms with E-state index in [1.165, 1.54) is 18.2 Å². The molecule has 4 rings (SSSR count). The number of pyridine rings is 1. The van der Waals surface area contributed by atoms with Crippen LogP contribution in [0.15, 0.2) is 71.4 Å². The third-order valence-electron chi connectivity index (χ3n) is 3.66. The molecule has 4 aromatic rings. The Bertz CT molecular complexity index is 1060. The Hall–Kier alpha value is -3.54. The van der Waals surface area contributed by atoms with Crippen molar-refractivity contribution in [3.05, 3.63) is 78.4 Å². The second-order valence-electron chi connectivity index (χ2n) is 5.40. The first-order valence-electron chi connectivity index (χ1n) is 7.57. The fourth-order valence-electron chi connectivity index (χ4n) is 2.46. The van der Waals surface area contributed by atoms with Crippen molar-refractivity contribution < 1.29 is 13.6 Å². The van der Waals surface area contributed by atoms with Crippen LogP contribution < -0.4 is 5.32 Å². The summed E-state index contributed by atoms with van der Waals surface area (Å²) in [6, 6.07) is 14.3. The lowest BCUT2D eigenvalue weighted by Gasteiger charge is -2.04. The van der Waals surface area contributed by atoms with Crippen LogP contribution in [0.1, 0.15) is 10.4 Å². The van der Waals surface area contributed by atoms with E-state index in [2.05, 4.69) is 15.3 Å². The molecule has 0 aliphatic heterocycles. The Morgan fingerprint density at radius 3 is 2.68 bits per heavy atom. The molecule has 25 heavy (non-hydrogen) atoms. The first-order chi connectivity index (χ1) is 12.2. The van der Waals surface area contributed by atoms with Gasteiger partial charge in [0, 0.05) is 29.2 Å². The van der Waals surface area contributed by atoms with Crippen LogP contribution in [0.25, 0.3) is 22.6 Å². The average molecular weight is 333 g/mol. The van der Waals surface area contributed by atoms with E-state index in [0.29, 0.717) is 22.7 Å². The molecule has 0 saturated carbocycles. The summed E-state index contributed by atoms with van der Waals surface area (Å²) in [7, 11) is 0. The van der Waals surface area contributed by atoms with E-state index in [-0.39, 0.29) is 5.56 Å². The number of anilines is 1. The van der Waals surface area contributed by atoms with Crippen molar-refractivity contribution in [3.63, 3.8) is 0 Å². The number of nitrogens with one attached hydrogen (secondary N) is 1. The highest BCUT2D eigenvalue weighted by molar-refractivity contribution is 6.04. The molecular weight excluding hydrogens is 321 g/mol. The fraction of sp³-hybridized carbons (Fsp3) is 0. The summed E-state index contributed by atoms with van der Waals surface area (Å²) in [5.41, 5.74) is 2.84. The predicted octanol–water partition coefficient (Wildman–Crippen LogP) is 4.28. The molecule has 6 heteroatoms. The molecular formula is C19H12FN3O2. The third kappa shape index (κ3) is 3.10. The first kappa shape index (κ1) is 15.0. The Labute approximate surface area is 142 Å². The summed E-state index contributed by atoms with van der Waals surface area (Å²) < 4.78 is 18.9. The Kier molecular flexibility index (Phi) is 3.70. The number of hydrogen-bond acceptors (Lipinski definition) is 4. The number of carbonyl (C=O) groups excluding carboxylic acids is 1. The van der Waals surface area contributed by atoms with Gasteiger partial charge in [0.05, 0.1) is 0 Å². The van der Waals surface area contributed by atoms with E-state index in [1.54, 1.807) is 48.8 Å². The zero-order valence-corrected chi connectivity index (χ0v) is 12.9. The monoisotopic (exact) mass is 333 g/mol. The van der Waals surface area contributed by atoms with Crippen LogP contribution in [-0.4, -0.2) is 15.9 Å². The van der Waals surface area contributed by atoms with Crippen LogP contribution in [0.4, 0.5) is 10.1 Å². The van der Waals surface area contributed by atoms with E-state index in [0.717, 1.165) is 5.56 Å². The number of hydrogen-bond donors (Lipinski definition) is 1. The number of carbonyl (C=O) groups is 1. The van der Waals surface area contributed by atoms with Gasteiger partial charge >= 0.3 is 0 Å². The number of nitrogens with zero attached hydrogens (tertiary/aromatic N) is 2.